The molecule has 3 nitrogen and oxygen atoms in total. The molecule has 2 rings (SSSR count). The zero-order valence-electron chi connectivity index (χ0n) is 12.5. The number of hydrogen-bond donors (Lipinski definition) is 1. The van der Waals surface area contributed by atoms with Crippen LogP contribution in [-0.4, -0.2) is 23.9 Å². The molecular weight excluding hydrogens is 286 g/mol. The lowest BCUT2D eigenvalue weighted by Gasteiger charge is -2.24. The smallest absolute Gasteiger partial charge is 0.241 e. The van der Waals surface area contributed by atoms with E-state index in [1.54, 1.807) is 38.2 Å². The lowest BCUT2D eigenvalue weighted by molar-refractivity contribution is -0.120. The average Bonchev–Trinajstić information content (AvgIpc) is 2.51. The van der Waals surface area contributed by atoms with E-state index in [-0.39, 0.29) is 17.4 Å². The van der Waals surface area contributed by atoms with Crippen LogP contribution in [0.4, 0.5) is 14.5 Å². The Labute approximate surface area is 128 Å². The summed E-state index contributed by atoms with van der Waals surface area (Å²) in [5.74, 6) is -1.06. The third-order valence-electron chi connectivity index (χ3n) is 3.52. The number of benzene rings is 2. The van der Waals surface area contributed by atoms with Crippen molar-refractivity contribution in [2.45, 2.75) is 19.5 Å². The molecule has 0 aliphatic heterocycles. The zero-order valence-corrected chi connectivity index (χ0v) is 12.5. The number of halogens is 2. The van der Waals surface area contributed by atoms with Crippen LogP contribution in [-0.2, 0) is 11.3 Å². The Hall–Kier alpha value is -2.27. The van der Waals surface area contributed by atoms with E-state index in [0.717, 1.165) is 5.56 Å². The van der Waals surface area contributed by atoms with E-state index in [9.17, 15) is 13.6 Å². The Morgan fingerprint density at radius 1 is 1.14 bits per heavy atom. The number of likely N-dealkylation sites (N-methyl/N-ethyl adjacent to an activating group) is 1. The third kappa shape index (κ3) is 4.11. The Balaban J connectivity index is 1.97. The first-order valence-electron chi connectivity index (χ1n) is 6.97. The SMILES string of the molecule is C[C@@H](C(=O)Nc1ccccc1F)N(C)Cc1ccc(F)cc1. The summed E-state index contributed by atoms with van der Waals surface area (Å²) < 4.78 is 26.4. The van der Waals surface area contributed by atoms with Crippen molar-refractivity contribution in [2.24, 2.45) is 0 Å². The zero-order chi connectivity index (χ0) is 16.1. The van der Waals surface area contributed by atoms with Gasteiger partial charge in [-0.2, -0.15) is 0 Å². The van der Waals surface area contributed by atoms with Gasteiger partial charge in [0, 0.05) is 6.54 Å². The van der Waals surface area contributed by atoms with Gasteiger partial charge in [-0.3, -0.25) is 9.69 Å². The first-order valence-corrected chi connectivity index (χ1v) is 6.97. The molecule has 1 N–H and O–H groups in total. The molecule has 1 amide bonds. The molecule has 0 unspecified atom stereocenters. The van der Waals surface area contributed by atoms with E-state index >= 15 is 0 Å². The lowest BCUT2D eigenvalue weighted by atomic mass is 10.2. The van der Waals surface area contributed by atoms with Crippen LogP contribution in [0.5, 0.6) is 0 Å². The van der Waals surface area contributed by atoms with Gasteiger partial charge in [0.05, 0.1) is 11.7 Å². The molecule has 22 heavy (non-hydrogen) atoms. The summed E-state index contributed by atoms with van der Waals surface area (Å²) in [4.78, 5) is 14.0. The second kappa shape index (κ2) is 7.13. The highest BCUT2D eigenvalue weighted by Crippen LogP contribution is 2.14. The summed E-state index contributed by atoms with van der Waals surface area (Å²) in [7, 11) is 1.79. The summed E-state index contributed by atoms with van der Waals surface area (Å²) in [5, 5.41) is 2.57. The minimum absolute atomic E-state index is 0.162. The molecule has 2 aromatic carbocycles. The van der Waals surface area contributed by atoms with Gasteiger partial charge >= 0.3 is 0 Å². The van der Waals surface area contributed by atoms with E-state index in [1.807, 2.05) is 4.90 Å². The number of hydrogen-bond acceptors (Lipinski definition) is 2. The van der Waals surface area contributed by atoms with Gasteiger partial charge < -0.3 is 5.32 Å². The molecule has 0 fully saturated rings. The fourth-order valence-electron chi connectivity index (χ4n) is 2.01. The van der Waals surface area contributed by atoms with Crippen molar-refractivity contribution in [3.63, 3.8) is 0 Å². The van der Waals surface area contributed by atoms with Gasteiger partial charge in [-0.25, -0.2) is 8.78 Å². The topological polar surface area (TPSA) is 32.3 Å². The summed E-state index contributed by atoms with van der Waals surface area (Å²) in [6.07, 6.45) is 0. The van der Waals surface area contributed by atoms with Crippen LogP contribution in [0.25, 0.3) is 0 Å². The van der Waals surface area contributed by atoms with E-state index in [2.05, 4.69) is 5.32 Å². The van der Waals surface area contributed by atoms with Gasteiger partial charge in [-0.05, 0) is 43.8 Å². The molecule has 2 aromatic rings. The van der Waals surface area contributed by atoms with Gasteiger partial charge in [0.2, 0.25) is 5.91 Å². The van der Waals surface area contributed by atoms with Crippen molar-refractivity contribution < 1.29 is 13.6 Å². The molecule has 1 atom stereocenters. The molecule has 5 heteroatoms. The fraction of sp³-hybridized carbons (Fsp3) is 0.235. The van der Waals surface area contributed by atoms with Crippen LogP contribution in [0.3, 0.4) is 0 Å². The predicted molar refractivity (Wildman–Crippen MR) is 82.4 cm³/mol. The van der Waals surface area contributed by atoms with Crippen molar-refractivity contribution in [2.75, 3.05) is 12.4 Å². The Morgan fingerprint density at radius 3 is 2.41 bits per heavy atom. The third-order valence-corrected chi connectivity index (χ3v) is 3.52. The molecule has 0 heterocycles. The van der Waals surface area contributed by atoms with Crippen LogP contribution >= 0.6 is 0 Å². The van der Waals surface area contributed by atoms with Gasteiger partial charge in [-0.15, -0.1) is 0 Å². The first kappa shape index (κ1) is 16.1. The van der Waals surface area contributed by atoms with Gasteiger partial charge in [-0.1, -0.05) is 24.3 Å². The molecule has 0 bridgehead atoms. The second-order valence-electron chi connectivity index (χ2n) is 5.19. The number of amides is 1. The number of carbonyl (C=O) groups is 1. The standard InChI is InChI=1S/C17H18F2N2O/c1-12(17(22)20-16-6-4-3-5-15(16)19)21(2)11-13-7-9-14(18)10-8-13/h3-10,12H,11H2,1-2H3,(H,20,22)/t12-/m0/s1. The summed E-state index contributed by atoms with van der Waals surface area (Å²) in [5.41, 5.74) is 1.06. The summed E-state index contributed by atoms with van der Waals surface area (Å²) >= 11 is 0. The van der Waals surface area contributed by atoms with E-state index in [0.29, 0.717) is 6.54 Å². The summed E-state index contributed by atoms with van der Waals surface area (Å²) in [6.45, 7) is 2.23. The highest BCUT2D eigenvalue weighted by molar-refractivity contribution is 5.94. The minimum atomic E-state index is -0.468. The maximum Gasteiger partial charge on any atom is 0.241 e. The molecular formula is C17H18F2N2O. The van der Waals surface area contributed by atoms with Crippen LogP contribution in [0.2, 0.25) is 0 Å². The number of nitrogens with zero attached hydrogens (tertiary/aromatic N) is 1. The molecule has 0 saturated carbocycles. The van der Waals surface area contributed by atoms with Crippen LogP contribution in [0.1, 0.15) is 12.5 Å². The Bertz CT molecular complexity index is 643. The van der Waals surface area contributed by atoms with Crippen molar-refractivity contribution in [3.8, 4) is 0 Å². The van der Waals surface area contributed by atoms with Crippen LogP contribution in [0.15, 0.2) is 48.5 Å². The highest BCUT2D eigenvalue weighted by Gasteiger charge is 2.19. The minimum Gasteiger partial charge on any atom is -0.322 e. The Morgan fingerprint density at radius 2 is 1.77 bits per heavy atom. The number of anilines is 1. The number of carbonyl (C=O) groups excluding carboxylic acids is 1. The maximum absolute atomic E-state index is 13.5. The predicted octanol–water partition coefficient (Wildman–Crippen LogP) is 3.42. The second-order valence-corrected chi connectivity index (χ2v) is 5.19. The molecule has 0 aliphatic rings. The van der Waals surface area contributed by atoms with Crippen molar-refractivity contribution in [3.05, 3.63) is 65.7 Å². The lowest BCUT2D eigenvalue weighted by Crippen LogP contribution is -2.39. The molecule has 0 radical (unpaired) electrons. The van der Waals surface area contributed by atoms with E-state index in [4.69, 9.17) is 0 Å². The van der Waals surface area contributed by atoms with Crippen molar-refractivity contribution >= 4 is 11.6 Å². The summed E-state index contributed by atoms with van der Waals surface area (Å²) in [6, 6.07) is 11.7. The molecule has 0 aromatic heterocycles. The normalized spacial score (nSPS) is 12.2. The quantitative estimate of drug-likeness (QED) is 0.918. The van der Waals surface area contributed by atoms with Gasteiger partial charge in [0.25, 0.3) is 0 Å². The number of rotatable bonds is 5. The van der Waals surface area contributed by atoms with E-state index in [1.165, 1.54) is 24.3 Å². The fourth-order valence-corrected chi connectivity index (χ4v) is 2.01. The van der Waals surface area contributed by atoms with Crippen molar-refractivity contribution in [1.82, 2.24) is 4.90 Å². The van der Waals surface area contributed by atoms with Gasteiger partial charge in [0.1, 0.15) is 11.6 Å². The monoisotopic (exact) mass is 304 g/mol. The van der Waals surface area contributed by atoms with Gasteiger partial charge in [0.15, 0.2) is 0 Å². The highest BCUT2D eigenvalue weighted by atomic mass is 19.1. The number of para-hydroxylation sites is 1. The average molecular weight is 304 g/mol. The van der Waals surface area contributed by atoms with Crippen molar-refractivity contribution in [1.29, 1.82) is 0 Å². The molecule has 0 saturated heterocycles. The number of nitrogens with one attached hydrogen (secondary N) is 1. The van der Waals surface area contributed by atoms with E-state index < -0.39 is 11.9 Å². The molecule has 116 valence electrons. The maximum atomic E-state index is 13.5. The largest absolute Gasteiger partial charge is 0.322 e. The Kier molecular flexibility index (Phi) is 5.22. The van der Waals surface area contributed by atoms with Crippen LogP contribution < -0.4 is 5.32 Å². The molecule has 0 aliphatic carbocycles. The van der Waals surface area contributed by atoms with Crippen LogP contribution in [0, 0.1) is 11.6 Å². The molecule has 0 spiro atoms. The first-order chi connectivity index (χ1) is 10.5.